The fourth-order valence-electron chi connectivity index (χ4n) is 4.03. The molecule has 1 aliphatic rings. The molecule has 2 aromatic carbocycles. The van der Waals surface area contributed by atoms with Crippen molar-refractivity contribution in [1.29, 1.82) is 0 Å². The van der Waals surface area contributed by atoms with Gasteiger partial charge in [0.2, 0.25) is 0 Å². The van der Waals surface area contributed by atoms with Crippen molar-refractivity contribution in [3.05, 3.63) is 68.8 Å². The number of benzene rings is 2. The van der Waals surface area contributed by atoms with Gasteiger partial charge in [0.1, 0.15) is 0 Å². The number of fused-ring (bicyclic) bond motifs is 1. The van der Waals surface area contributed by atoms with Crippen molar-refractivity contribution in [2.45, 2.75) is 53.5 Å². The molecule has 0 saturated carbocycles. The van der Waals surface area contributed by atoms with Crippen molar-refractivity contribution in [2.24, 2.45) is 4.99 Å². The number of allylic oxidation sites excluding steroid dienone is 1. The van der Waals surface area contributed by atoms with Gasteiger partial charge < -0.3 is 4.90 Å². The fraction of sp³-hybridized carbons (Fsp3) is 0.375. The first kappa shape index (κ1) is 20.8. The molecule has 0 aliphatic carbocycles. The summed E-state index contributed by atoms with van der Waals surface area (Å²) in [5.74, 6) is 0. The normalized spacial score (nSPS) is 15.4. The molecule has 0 N–H and O–H groups in total. The standard InChI is InChI=1S/C24H29N3O2/c1-7-10-26-23-11-17(3)19(12-21(23)18(4)14-24(26,5)6)15-25-20-9-8-16(2)22(13-20)27(28)29/h8-9,11-15H,7,10H2,1-6H3. The largest absolute Gasteiger partial charge is 0.362 e. The van der Waals surface area contributed by atoms with Crippen molar-refractivity contribution in [3.8, 4) is 0 Å². The van der Waals surface area contributed by atoms with E-state index in [9.17, 15) is 10.1 Å². The second kappa shape index (κ2) is 7.82. The maximum atomic E-state index is 11.2. The van der Waals surface area contributed by atoms with Crippen LogP contribution in [0.4, 0.5) is 17.1 Å². The van der Waals surface area contributed by atoms with Gasteiger partial charge in [0.25, 0.3) is 5.69 Å². The van der Waals surface area contributed by atoms with E-state index in [0.29, 0.717) is 11.3 Å². The number of rotatable bonds is 5. The van der Waals surface area contributed by atoms with Crippen LogP contribution in [0.2, 0.25) is 0 Å². The molecule has 1 heterocycles. The van der Waals surface area contributed by atoms with Gasteiger partial charge in [-0.2, -0.15) is 0 Å². The maximum Gasteiger partial charge on any atom is 0.274 e. The van der Waals surface area contributed by atoms with Crippen LogP contribution in [0.3, 0.4) is 0 Å². The minimum Gasteiger partial charge on any atom is -0.362 e. The number of nitrogens with zero attached hydrogens (tertiary/aromatic N) is 3. The molecule has 0 bridgehead atoms. The van der Waals surface area contributed by atoms with Gasteiger partial charge in [-0.3, -0.25) is 15.1 Å². The number of nitro groups is 1. The van der Waals surface area contributed by atoms with Gasteiger partial charge in [-0.05, 0) is 75.9 Å². The number of nitro benzene ring substituents is 1. The van der Waals surface area contributed by atoms with Crippen LogP contribution in [-0.2, 0) is 0 Å². The Balaban J connectivity index is 2.01. The molecule has 5 heteroatoms. The fourth-order valence-corrected chi connectivity index (χ4v) is 4.03. The summed E-state index contributed by atoms with van der Waals surface area (Å²) in [4.78, 5) is 17.8. The van der Waals surface area contributed by atoms with Gasteiger partial charge in [-0.25, -0.2) is 0 Å². The first-order valence-electron chi connectivity index (χ1n) is 10.0. The summed E-state index contributed by atoms with van der Waals surface area (Å²) < 4.78 is 0. The molecule has 152 valence electrons. The summed E-state index contributed by atoms with van der Waals surface area (Å²) in [5, 5.41) is 11.2. The summed E-state index contributed by atoms with van der Waals surface area (Å²) >= 11 is 0. The second-order valence-electron chi connectivity index (χ2n) is 8.34. The zero-order valence-electron chi connectivity index (χ0n) is 18.1. The van der Waals surface area contributed by atoms with Crippen LogP contribution in [-0.4, -0.2) is 23.2 Å². The molecule has 0 atom stereocenters. The van der Waals surface area contributed by atoms with Crippen LogP contribution in [0.25, 0.3) is 5.57 Å². The lowest BCUT2D eigenvalue weighted by Crippen LogP contribution is -2.45. The van der Waals surface area contributed by atoms with Crippen LogP contribution in [0.5, 0.6) is 0 Å². The first-order chi connectivity index (χ1) is 13.6. The minimum atomic E-state index is -0.364. The van der Waals surface area contributed by atoms with Crippen LogP contribution >= 0.6 is 0 Å². The molecule has 0 saturated heterocycles. The summed E-state index contributed by atoms with van der Waals surface area (Å²) in [7, 11) is 0. The third kappa shape index (κ3) is 4.09. The van der Waals surface area contributed by atoms with E-state index in [2.05, 4.69) is 62.7 Å². The molecule has 0 radical (unpaired) electrons. The molecule has 1 aliphatic heterocycles. The lowest BCUT2D eigenvalue weighted by molar-refractivity contribution is -0.385. The van der Waals surface area contributed by atoms with Crippen LogP contribution in [0.1, 0.15) is 56.4 Å². The van der Waals surface area contributed by atoms with Crippen LogP contribution in [0, 0.1) is 24.0 Å². The van der Waals surface area contributed by atoms with Crippen molar-refractivity contribution < 1.29 is 4.92 Å². The summed E-state index contributed by atoms with van der Waals surface area (Å²) in [6.07, 6.45) is 5.22. The first-order valence-corrected chi connectivity index (χ1v) is 10.0. The highest BCUT2D eigenvalue weighted by molar-refractivity contribution is 5.90. The van der Waals surface area contributed by atoms with E-state index < -0.39 is 0 Å². The molecular weight excluding hydrogens is 362 g/mol. The van der Waals surface area contributed by atoms with E-state index in [1.807, 2.05) is 6.07 Å². The quantitative estimate of drug-likeness (QED) is 0.338. The van der Waals surface area contributed by atoms with Crippen molar-refractivity contribution >= 4 is 28.8 Å². The van der Waals surface area contributed by atoms with Crippen LogP contribution < -0.4 is 4.90 Å². The number of aliphatic imine (C=N–C) groups is 1. The van der Waals surface area contributed by atoms with Crippen molar-refractivity contribution in [1.82, 2.24) is 0 Å². The van der Waals surface area contributed by atoms with E-state index in [1.54, 1.807) is 19.2 Å². The summed E-state index contributed by atoms with van der Waals surface area (Å²) in [5.41, 5.74) is 7.21. The van der Waals surface area contributed by atoms with Gasteiger partial charge in [-0.15, -0.1) is 0 Å². The topological polar surface area (TPSA) is 58.7 Å². The second-order valence-corrected chi connectivity index (χ2v) is 8.34. The van der Waals surface area contributed by atoms with E-state index in [1.165, 1.54) is 22.9 Å². The predicted molar refractivity (Wildman–Crippen MR) is 122 cm³/mol. The monoisotopic (exact) mass is 391 g/mol. The third-order valence-corrected chi connectivity index (χ3v) is 5.55. The van der Waals surface area contributed by atoms with E-state index >= 15 is 0 Å². The SMILES string of the molecule is CCCN1c2cc(C)c(C=Nc3ccc(C)c([N+](=O)[O-])c3)cc2C(C)=CC1(C)C. The predicted octanol–water partition coefficient (Wildman–Crippen LogP) is 6.37. The van der Waals surface area contributed by atoms with Gasteiger partial charge in [0, 0.05) is 35.6 Å². The molecule has 3 rings (SSSR count). The van der Waals surface area contributed by atoms with Gasteiger partial charge in [0.05, 0.1) is 16.1 Å². The molecule has 0 amide bonds. The molecular formula is C24H29N3O2. The Bertz CT molecular complexity index is 1020. The highest BCUT2D eigenvalue weighted by Gasteiger charge is 2.31. The Hall–Kier alpha value is -2.95. The molecule has 0 fully saturated rings. The number of aryl methyl sites for hydroxylation is 2. The van der Waals surface area contributed by atoms with Crippen molar-refractivity contribution in [3.63, 3.8) is 0 Å². The number of hydrogen-bond donors (Lipinski definition) is 0. The number of hydrogen-bond acceptors (Lipinski definition) is 4. The Kier molecular flexibility index (Phi) is 5.60. The minimum absolute atomic E-state index is 0.0179. The van der Waals surface area contributed by atoms with Crippen LogP contribution in [0.15, 0.2) is 41.4 Å². The Morgan fingerprint density at radius 3 is 2.52 bits per heavy atom. The van der Waals surface area contributed by atoms with E-state index in [4.69, 9.17) is 0 Å². The lowest BCUT2D eigenvalue weighted by atomic mass is 9.87. The third-order valence-electron chi connectivity index (χ3n) is 5.55. The maximum absolute atomic E-state index is 11.2. The van der Waals surface area contributed by atoms with E-state index in [-0.39, 0.29) is 16.1 Å². The summed E-state index contributed by atoms with van der Waals surface area (Å²) in [6, 6.07) is 9.49. The number of anilines is 1. The molecule has 0 unspecified atom stereocenters. The molecule has 0 spiro atoms. The zero-order chi connectivity index (χ0) is 21.3. The zero-order valence-corrected chi connectivity index (χ0v) is 18.1. The lowest BCUT2D eigenvalue weighted by Gasteiger charge is -2.43. The highest BCUT2D eigenvalue weighted by atomic mass is 16.6. The molecule has 5 nitrogen and oxygen atoms in total. The van der Waals surface area contributed by atoms with Gasteiger partial charge >= 0.3 is 0 Å². The Morgan fingerprint density at radius 2 is 1.86 bits per heavy atom. The molecule has 29 heavy (non-hydrogen) atoms. The average Bonchev–Trinajstić information content (AvgIpc) is 2.64. The molecule has 2 aromatic rings. The van der Waals surface area contributed by atoms with Crippen molar-refractivity contribution in [2.75, 3.05) is 11.4 Å². The Labute approximate surface area is 172 Å². The van der Waals surface area contributed by atoms with Gasteiger partial charge in [-0.1, -0.05) is 19.1 Å². The Morgan fingerprint density at radius 1 is 1.14 bits per heavy atom. The van der Waals surface area contributed by atoms with E-state index in [0.717, 1.165) is 24.1 Å². The smallest absolute Gasteiger partial charge is 0.274 e. The summed E-state index contributed by atoms with van der Waals surface area (Å²) in [6.45, 7) is 13.7. The average molecular weight is 392 g/mol. The molecule has 0 aromatic heterocycles. The van der Waals surface area contributed by atoms with Gasteiger partial charge in [0.15, 0.2) is 0 Å². The highest BCUT2D eigenvalue weighted by Crippen LogP contribution is 2.40.